The summed E-state index contributed by atoms with van der Waals surface area (Å²) in [5.41, 5.74) is 4.58. The van der Waals surface area contributed by atoms with Gasteiger partial charge in [0.15, 0.2) is 30.6 Å². The van der Waals surface area contributed by atoms with Gasteiger partial charge in [-0.3, -0.25) is 37.9 Å². The summed E-state index contributed by atoms with van der Waals surface area (Å²) < 4.78 is 78.9. The predicted octanol–water partition coefficient (Wildman–Crippen LogP) is -1.15. The van der Waals surface area contributed by atoms with E-state index in [2.05, 4.69) is 10.3 Å². The molecule has 1 amide bonds. The van der Waals surface area contributed by atoms with Crippen molar-refractivity contribution in [2.45, 2.75) is 116 Å². The van der Waals surface area contributed by atoms with E-state index in [9.17, 15) is 52.6 Å². The number of ether oxygens (including phenoxy) is 10. The number of anilines is 1. The second-order valence-electron chi connectivity index (χ2n) is 13.2. The molecule has 0 radical (unpaired) electrons. The van der Waals surface area contributed by atoms with E-state index in [1.165, 1.54) is 13.0 Å². The zero-order valence-corrected chi connectivity index (χ0v) is 35.4. The Labute approximate surface area is 351 Å². The molecule has 0 bridgehead atoms. The highest BCUT2D eigenvalue weighted by atomic mass is 31.2. The lowest BCUT2D eigenvalue weighted by Crippen LogP contribution is -2.69. The number of carbonyl (C=O) groups excluding carboxylic acids is 8. The number of nitrogens with two attached hydrogens (primary N) is 1. The third-order valence-corrected chi connectivity index (χ3v) is 9.37. The number of hydrogen-bond acceptors (Lipinski definition) is 24. The quantitative estimate of drug-likeness (QED) is 0.0889. The van der Waals surface area contributed by atoms with E-state index < -0.39 is 142 Å². The molecule has 2 aliphatic heterocycles. The molecule has 2 fully saturated rings. The summed E-state index contributed by atoms with van der Waals surface area (Å²) >= 11 is 0. The number of carbonyl (C=O) groups is 8. The maximum absolute atomic E-state index is 14.0. The van der Waals surface area contributed by atoms with Crippen molar-refractivity contribution in [3.8, 4) is 0 Å². The largest absolute Gasteiger partial charge is 0.475 e. The number of nitrogens with zero attached hydrogens (tertiary/aromatic N) is 2. The van der Waals surface area contributed by atoms with Crippen molar-refractivity contribution in [3.63, 3.8) is 0 Å². The van der Waals surface area contributed by atoms with E-state index >= 15 is 0 Å². The molecule has 1 aromatic heterocycles. The van der Waals surface area contributed by atoms with Crippen LogP contribution >= 0.6 is 7.82 Å². The van der Waals surface area contributed by atoms with Gasteiger partial charge in [-0.15, -0.1) is 0 Å². The zero-order chi connectivity index (χ0) is 46.7. The Bertz CT molecular complexity index is 1960. The summed E-state index contributed by atoms with van der Waals surface area (Å²) in [4.78, 5) is 128. The van der Waals surface area contributed by atoms with Crippen molar-refractivity contribution in [2.24, 2.45) is 0 Å². The van der Waals surface area contributed by atoms with Gasteiger partial charge >= 0.3 is 61.4 Å². The average Bonchev–Trinajstić information content (AvgIpc) is 3.46. The molecule has 28 heteroatoms. The number of nitrogens with one attached hydrogen (secondary N) is 1. The van der Waals surface area contributed by atoms with Crippen LogP contribution in [0.3, 0.4) is 0 Å². The Morgan fingerprint density at radius 2 is 1.55 bits per heavy atom. The Hall–Kier alpha value is -5.73. The molecule has 4 N–H and O–H groups in total. The van der Waals surface area contributed by atoms with Crippen LogP contribution in [0.2, 0.25) is 0 Å². The molecule has 346 valence electrons. The summed E-state index contributed by atoms with van der Waals surface area (Å²) in [6.45, 7) is 4.91. The second-order valence-corrected chi connectivity index (χ2v) is 14.6. The number of phosphoric acid groups is 1. The Morgan fingerprint density at radius 3 is 2.08 bits per heavy atom. The minimum Gasteiger partial charge on any atom is -0.465 e. The van der Waals surface area contributed by atoms with Crippen molar-refractivity contribution in [3.05, 3.63) is 22.7 Å². The molecule has 3 heterocycles. The first-order valence-electron chi connectivity index (χ1n) is 18.3. The van der Waals surface area contributed by atoms with Gasteiger partial charge in [-0.25, -0.2) is 23.5 Å². The van der Waals surface area contributed by atoms with Gasteiger partial charge in [0.2, 0.25) is 0 Å². The van der Waals surface area contributed by atoms with E-state index in [1.54, 1.807) is 0 Å². The number of nitrogen functional groups attached to an aromatic ring is 1. The van der Waals surface area contributed by atoms with Gasteiger partial charge in [0, 0.05) is 47.7 Å². The van der Waals surface area contributed by atoms with Gasteiger partial charge in [-0.1, -0.05) is 0 Å². The van der Waals surface area contributed by atoms with Gasteiger partial charge in [0.25, 0.3) is 5.79 Å². The molecule has 0 aromatic carbocycles. The highest BCUT2D eigenvalue weighted by Crippen LogP contribution is 2.52. The minimum atomic E-state index is -5.80. The lowest BCUT2D eigenvalue weighted by Gasteiger charge is -2.48. The summed E-state index contributed by atoms with van der Waals surface area (Å²) in [6, 6.07) is -0.581. The van der Waals surface area contributed by atoms with E-state index in [0.29, 0.717) is 0 Å². The molecular weight excluding hydrogens is 863 g/mol. The zero-order valence-electron chi connectivity index (χ0n) is 34.5. The summed E-state index contributed by atoms with van der Waals surface area (Å²) in [6.07, 6.45) is -15.6. The van der Waals surface area contributed by atoms with Crippen molar-refractivity contribution in [1.29, 1.82) is 0 Å². The minimum absolute atomic E-state index is 0.195. The molecule has 1 unspecified atom stereocenters. The molecule has 3 rings (SSSR count). The molecule has 2 aliphatic rings. The SMILES string of the molecule is CCOC(=O)N[C@H]1[C@H]([C@H](OC(C)=O)[C@@H](COC(C)=O)OC(C)=O)O[C@](OP(=O)(O)OC[C@H]2O[C@@H](n3ccc(N)nc3=O)[C@H](OC(C)=O)[C@@H]2OC(C)=O)(C(=O)OC)C[C@@H]1OC(C)=O. The topological polar surface area (TPSA) is 358 Å². The Balaban J connectivity index is 2.17. The number of esters is 7. The van der Waals surface area contributed by atoms with Crippen molar-refractivity contribution in [1.82, 2.24) is 14.9 Å². The fourth-order valence-corrected chi connectivity index (χ4v) is 7.24. The molecule has 0 aliphatic carbocycles. The third-order valence-electron chi connectivity index (χ3n) is 8.37. The van der Waals surface area contributed by atoms with Crippen LogP contribution in [-0.4, -0.2) is 144 Å². The number of rotatable bonds is 18. The van der Waals surface area contributed by atoms with Crippen LogP contribution in [0, 0.1) is 0 Å². The van der Waals surface area contributed by atoms with Gasteiger partial charge in [-0.05, 0) is 13.0 Å². The van der Waals surface area contributed by atoms with Gasteiger partial charge in [-0.2, -0.15) is 4.98 Å². The molecule has 27 nitrogen and oxygen atoms in total. The maximum Gasteiger partial charge on any atom is 0.475 e. The number of alkyl carbamates (subject to hydrolysis) is 1. The molecule has 62 heavy (non-hydrogen) atoms. The highest BCUT2D eigenvalue weighted by molar-refractivity contribution is 7.47. The smallest absolute Gasteiger partial charge is 0.465 e. The lowest BCUT2D eigenvalue weighted by molar-refractivity contribution is -0.293. The molecule has 2 saturated heterocycles. The number of aromatic nitrogens is 2. The first-order valence-corrected chi connectivity index (χ1v) is 19.8. The predicted molar refractivity (Wildman–Crippen MR) is 196 cm³/mol. The van der Waals surface area contributed by atoms with Crippen molar-refractivity contribution >= 4 is 61.5 Å². The summed E-state index contributed by atoms with van der Waals surface area (Å²) in [5.74, 6) is -11.1. The standard InChI is InChI=1S/C34H47N4O23P/c1-9-51-33(47)37-25-21(54-16(3)40)12-34(31(45)50-8,60-28(25)26(56-18(5)42)22(55-17(4)41)13-52-15(2)39)61-62(48,49)53-14-23-27(57-19(6)43)29(58-20(7)44)30(59-23)38-11-10-24(35)36-32(38)46/h10-11,21-23,25-30H,9,12-14H2,1-8H3,(H,37,47)(H,48,49)(H2,35,36,46)/t21-,22+,23+,25+,26+,27+,28+,29+,30+,34+/m0/s1. The normalized spacial score (nSPS) is 26.2. The van der Waals surface area contributed by atoms with Gasteiger partial charge in [0.05, 0.1) is 32.8 Å². The summed E-state index contributed by atoms with van der Waals surface area (Å²) in [5, 5.41) is 2.33. The fraction of sp³-hybridized carbons (Fsp3) is 0.647. The van der Waals surface area contributed by atoms with E-state index in [0.717, 1.165) is 59.4 Å². The van der Waals surface area contributed by atoms with Crippen molar-refractivity contribution in [2.75, 3.05) is 32.7 Å². The van der Waals surface area contributed by atoms with E-state index in [1.807, 2.05) is 0 Å². The molecule has 0 saturated carbocycles. The van der Waals surface area contributed by atoms with Gasteiger partial charge in [0.1, 0.15) is 30.7 Å². The van der Waals surface area contributed by atoms with E-state index in [-0.39, 0.29) is 12.4 Å². The second kappa shape index (κ2) is 21.9. The average molecular weight is 911 g/mol. The third kappa shape index (κ3) is 13.9. The van der Waals surface area contributed by atoms with Crippen LogP contribution in [0.25, 0.3) is 0 Å². The number of methoxy groups -OCH3 is 1. The number of hydrogen-bond donors (Lipinski definition) is 3. The van der Waals surface area contributed by atoms with Gasteiger partial charge < -0.3 is 63.3 Å². The van der Waals surface area contributed by atoms with Crippen LogP contribution in [0.1, 0.15) is 61.1 Å². The van der Waals surface area contributed by atoms with Crippen molar-refractivity contribution < 1.29 is 104 Å². The van der Waals surface area contributed by atoms with E-state index in [4.69, 9.17) is 62.1 Å². The van der Waals surface area contributed by atoms with Crippen LogP contribution in [0.15, 0.2) is 17.1 Å². The Kier molecular flexibility index (Phi) is 17.9. The number of amides is 1. The first kappa shape index (κ1) is 50.6. The Morgan fingerprint density at radius 1 is 0.935 bits per heavy atom. The molecule has 0 spiro atoms. The van der Waals surface area contributed by atoms with Crippen LogP contribution in [0.4, 0.5) is 10.6 Å². The van der Waals surface area contributed by atoms with Crippen LogP contribution in [0.5, 0.6) is 0 Å². The monoisotopic (exact) mass is 910 g/mol. The highest BCUT2D eigenvalue weighted by Gasteiger charge is 2.62. The van der Waals surface area contributed by atoms with Crippen LogP contribution in [-0.2, 0) is 94.5 Å². The maximum atomic E-state index is 14.0. The molecular formula is C34H47N4O23P. The molecule has 11 atom stereocenters. The number of phosphoric ester groups is 1. The fourth-order valence-electron chi connectivity index (χ4n) is 6.28. The summed E-state index contributed by atoms with van der Waals surface area (Å²) in [7, 11) is -5.02. The lowest BCUT2D eigenvalue weighted by atomic mass is 9.88. The molecule has 1 aromatic rings. The van der Waals surface area contributed by atoms with Crippen LogP contribution < -0.4 is 16.7 Å². The first-order chi connectivity index (χ1) is 28.9.